The van der Waals surface area contributed by atoms with Crippen LogP contribution in [0.4, 0.5) is 0 Å². The molecule has 0 aliphatic heterocycles. The predicted molar refractivity (Wildman–Crippen MR) is 42.1 cm³/mol. The van der Waals surface area contributed by atoms with Crippen LogP contribution in [0.2, 0.25) is 5.15 Å². The van der Waals surface area contributed by atoms with E-state index in [1.165, 1.54) is 18.6 Å². The predicted octanol–water partition coefficient (Wildman–Crippen LogP) is 1.34. The third-order valence-electron chi connectivity index (χ3n) is 1.04. The second kappa shape index (κ2) is 3.83. The van der Waals surface area contributed by atoms with Crippen LogP contribution in [0.5, 0.6) is 0 Å². The molecule has 0 saturated carbocycles. The van der Waals surface area contributed by atoms with Gasteiger partial charge in [0, 0.05) is 11.8 Å². The first-order valence-corrected chi connectivity index (χ1v) is 3.29. The number of allylic oxidation sites excluding steroid dienone is 1. The zero-order valence-electron chi connectivity index (χ0n) is 5.57. The minimum absolute atomic E-state index is 0.345. The molecule has 0 aromatic carbocycles. The second-order valence-electron chi connectivity index (χ2n) is 1.76. The van der Waals surface area contributed by atoms with Gasteiger partial charge < -0.3 is 0 Å². The van der Waals surface area contributed by atoms with Crippen molar-refractivity contribution in [2.45, 2.75) is 0 Å². The highest BCUT2D eigenvalue weighted by Gasteiger charge is 1.93. The summed E-state index contributed by atoms with van der Waals surface area (Å²) in [6.45, 7) is 0. The van der Waals surface area contributed by atoms with Gasteiger partial charge in [0.25, 0.3) is 0 Å². The van der Waals surface area contributed by atoms with Crippen molar-refractivity contribution in [1.29, 1.82) is 0 Å². The maximum absolute atomic E-state index is 9.92. The number of aldehydes is 1. The Bertz CT molecular complexity index is 286. The number of carbonyl (C=O) groups excluding carboxylic acids is 1. The molecule has 0 saturated heterocycles. The van der Waals surface area contributed by atoms with Gasteiger partial charge in [0.05, 0.1) is 0 Å². The van der Waals surface area contributed by atoms with Crippen molar-refractivity contribution in [3.63, 3.8) is 0 Å². The molecule has 0 radical (unpaired) electrons. The Hall–Kier alpha value is -1.22. The van der Waals surface area contributed by atoms with Crippen molar-refractivity contribution in [3.05, 3.63) is 29.3 Å². The van der Waals surface area contributed by atoms with Crippen molar-refractivity contribution in [2.75, 3.05) is 0 Å². The summed E-state index contributed by atoms with van der Waals surface area (Å²) in [5.41, 5.74) is 0.640. The van der Waals surface area contributed by atoms with Crippen LogP contribution >= 0.6 is 11.6 Å². The number of rotatable bonds is 2. The molecule has 56 valence electrons. The van der Waals surface area contributed by atoms with Gasteiger partial charge in [0.15, 0.2) is 0 Å². The Labute approximate surface area is 68.7 Å². The van der Waals surface area contributed by atoms with Gasteiger partial charge in [-0.05, 0) is 12.2 Å². The molecule has 0 atom stereocenters. The normalized spacial score (nSPS) is 10.3. The summed E-state index contributed by atoms with van der Waals surface area (Å²) < 4.78 is 0. The molecule has 1 heterocycles. The largest absolute Gasteiger partial charge is 0.299 e. The molecule has 11 heavy (non-hydrogen) atoms. The molecule has 1 rings (SSSR count). The van der Waals surface area contributed by atoms with Gasteiger partial charge in [-0.25, -0.2) is 9.97 Å². The summed E-state index contributed by atoms with van der Waals surface area (Å²) in [6.07, 6.45) is 6.44. The third-order valence-corrected chi connectivity index (χ3v) is 1.36. The minimum Gasteiger partial charge on any atom is -0.299 e. The maximum atomic E-state index is 9.92. The van der Waals surface area contributed by atoms with Crippen LogP contribution in [0, 0.1) is 0 Å². The lowest BCUT2D eigenvalue weighted by molar-refractivity contribution is -0.104. The molecular formula is C7H5ClN2O. The van der Waals surface area contributed by atoms with E-state index in [9.17, 15) is 4.79 Å². The molecule has 0 spiro atoms. The molecule has 3 nitrogen and oxygen atoms in total. The lowest BCUT2D eigenvalue weighted by Crippen LogP contribution is -1.82. The summed E-state index contributed by atoms with van der Waals surface area (Å²) in [6, 6.07) is 0. The average molecular weight is 169 g/mol. The van der Waals surface area contributed by atoms with Crippen LogP contribution < -0.4 is 0 Å². The van der Waals surface area contributed by atoms with Gasteiger partial charge in [0.2, 0.25) is 0 Å². The number of halogens is 1. The first-order valence-electron chi connectivity index (χ1n) is 2.92. The Morgan fingerprint density at radius 3 is 3.00 bits per heavy atom. The van der Waals surface area contributed by atoms with E-state index in [4.69, 9.17) is 11.6 Å². The monoisotopic (exact) mass is 168 g/mol. The van der Waals surface area contributed by atoms with Crippen LogP contribution in [0.15, 0.2) is 18.6 Å². The first-order chi connectivity index (χ1) is 5.34. The first kappa shape index (κ1) is 7.88. The summed E-state index contributed by atoms with van der Waals surface area (Å²) in [5, 5.41) is 0.345. The summed E-state index contributed by atoms with van der Waals surface area (Å²) in [7, 11) is 0. The van der Waals surface area contributed by atoms with E-state index in [-0.39, 0.29) is 0 Å². The van der Waals surface area contributed by atoms with Gasteiger partial charge in [0.1, 0.15) is 17.8 Å². The van der Waals surface area contributed by atoms with Crippen LogP contribution in [-0.4, -0.2) is 16.3 Å². The van der Waals surface area contributed by atoms with E-state index in [1.54, 1.807) is 6.08 Å². The van der Waals surface area contributed by atoms with Crippen LogP contribution in [-0.2, 0) is 4.79 Å². The molecule has 0 aliphatic rings. The maximum Gasteiger partial charge on any atom is 0.142 e. The van der Waals surface area contributed by atoms with Gasteiger partial charge in [-0.2, -0.15) is 0 Å². The smallest absolute Gasteiger partial charge is 0.142 e. The van der Waals surface area contributed by atoms with Crippen LogP contribution in [0.1, 0.15) is 5.56 Å². The van der Waals surface area contributed by atoms with E-state index in [0.29, 0.717) is 17.0 Å². The van der Waals surface area contributed by atoms with Gasteiger partial charge in [-0.1, -0.05) is 11.6 Å². The standard InChI is InChI=1S/C7H5ClN2O/c8-7-6(2-1-3-11)4-9-5-10-7/h1-5H. The fourth-order valence-corrected chi connectivity index (χ4v) is 0.736. The molecule has 0 fully saturated rings. The van der Waals surface area contributed by atoms with Crippen molar-refractivity contribution in [1.82, 2.24) is 9.97 Å². The van der Waals surface area contributed by atoms with E-state index >= 15 is 0 Å². The average Bonchev–Trinajstić information content (AvgIpc) is 2.03. The van der Waals surface area contributed by atoms with E-state index in [2.05, 4.69) is 9.97 Å². The summed E-state index contributed by atoms with van der Waals surface area (Å²) in [4.78, 5) is 17.4. The van der Waals surface area contributed by atoms with E-state index < -0.39 is 0 Å². The molecule has 0 unspecified atom stereocenters. The number of nitrogens with zero attached hydrogens (tertiary/aromatic N) is 2. The molecule has 0 N–H and O–H groups in total. The van der Waals surface area contributed by atoms with E-state index in [0.717, 1.165) is 0 Å². The molecule has 0 aliphatic carbocycles. The Kier molecular flexibility index (Phi) is 2.74. The third kappa shape index (κ3) is 2.13. The molecule has 1 aromatic heterocycles. The van der Waals surface area contributed by atoms with Crippen molar-refractivity contribution in [3.8, 4) is 0 Å². The lowest BCUT2D eigenvalue weighted by atomic mass is 10.3. The van der Waals surface area contributed by atoms with Crippen LogP contribution in [0.25, 0.3) is 6.08 Å². The summed E-state index contributed by atoms with van der Waals surface area (Å²) >= 11 is 5.64. The quantitative estimate of drug-likeness (QED) is 0.380. The number of hydrogen-bond acceptors (Lipinski definition) is 3. The highest BCUT2D eigenvalue weighted by Crippen LogP contribution is 2.10. The summed E-state index contributed by atoms with van der Waals surface area (Å²) in [5.74, 6) is 0. The highest BCUT2D eigenvalue weighted by molar-refractivity contribution is 6.30. The van der Waals surface area contributed by atoms with Crippen molar-refractivity contribution in [2.24, 2.45) is 0 Å². The Balaban J connectivity index is 2.94. The van der Waals surface area contributed by atoms with Crippen molar-refractivity contribution < 1.29 is 4.79 Å². The van der Waals surface area contributed by atoms with Crippen molar-refractivity contribution >= 4 is 24.0 Å². The molecule has 1 aromatic rings. The Morgan fingerprint density at radius 1 is 1.55 bits per heavy atom. The van der Waals surface area contributed by atoms with Gasteiger partial charge in [-0.3, -0.25) is 4.79 Å². The van der Waals surface area contributed by atoms with Gasteiger partial charge >= 0.3 is 0 Å². The zero-order valence-corrected chi connectivity index (χ0v) is 6.32. The zero-order chi connectivity index (χ0) is 8.10. The second-order valence-corrected chi connectivity index (χ2v) is 2.12. The molecule has 0 bridgehead atoms. The molecule has 0 amide bonds. The highest BCUT2D eigenvalue weighted by atomic mass is 35.5. The van der Waals surface area contributed by atoms with Gasteiger partial charge in [-0.15, -0.1) is 0 Å². The number of aromatic nitrogens is 2. The number of hydrogen-bond donors (Lipinski definition) is 0. The van der Waals surface area contributed by atoms with E-state index in [1.807, 2.05) is 0 Å². The van der Waals surface area contributed by atoms with Crippen LogP contribution in [0.3, 0.4) is 0 Å². The molecule has 4 heteroatoms. The number of carbonyl (C=O) groups is 1. The lowest BCUT2D eigenvalue weighted by Gasteiger charge is -1.91. The Morgan fingerprint density at radius 2 is 2.36 bits per heavy atom. The fourth-order valence-electron chi connectivity index (χ4n) is 0.580. The SMILES string of the molecule is O=CC=Cc1cncnc1Cl. The topological polar surface area (TPSA) is 42.9 Å². The molecular weight excluding hydrogens is 164 g/mol. The minimum atomic E-state index is 0.345. The fraction of sp³-hybridized carbons (Fsp3) is 0.